The molecule has 10 nitrogen and oxygen atoms in total. The van der Waals surface area contributed by atoms with Crippen molar-refractivity contribution < 1.29 is 44.6 Å². The summed E-state index contributed by atoms with van der Waals surface area (Å²) < 4.78 is 63.2. The van der Waals surface area contributed by atoms with Crippen molar-refractivity contribution in [3.8, 4) is 0 Å². The summed E-state index contributed by atoms with van der Waals surface area (Å²) in [6.07, 6.45) is 3.37. The Hall–Kier alpha value is 0.0800. The molecule has 0 aliphatic carbocycles. The normalized spacial score (nSPS) is 9.56. The molecule has 0 aromatic heterocycles. The van der Waals surface area contributed by atoms with Gasteiger partial charge in [-0.1, -0.05) is 0 Å². The van der Waals surface area contributed by atoms with Gasteiger partial charge in [0.2, 0.25) is 0 Å². The minimum atomic E-state index is -4.67. The molecule has 0 radical (unpaired) electrons. The second kappa shape index (κ2) is 15.1. The first-order chi connectivity index (χ1) is 7.41. The van der Waals surface area contributed by atoms with Crippen molar-refractivity contribution in [2.24, 2.45) is 0 Å². The molecule has 106 valence electrons. The Morgan fingerprint density at radius 2 is 0.889 bits per heavy atom. The Morgan fingerprint density at radius 3 is 1.00 bits per heavy atom. The molecule has 4 N–H and O–H groups in total. The van der Waals surface area contributed by atoms with Crippen molar-refractivity contribution in [2.45, 2.75) is 19.3 Å². The van der Waals surface area contributed by atoms with Crippen LogP contribution in [0.15, 0.2) is 0 Å². The molecule has 0 saturated heterocycles. The van der Waals surface area contributed by atoms with E-state index in [0.29, 0.717) is 19.3 Å². The molecule has 0 saturated carbocycles. The van der Waals surface area contributed by atoms with Gasteiger partial charge in [0.25, 0.3) is 0 Å². The van der Waals surface area contributed by atoms with Gasteiger partial charge in [-0.15, -0.1) is 0 Å². The molecule has 13 heteroatoms. The van der Waals surface area contributed by atoms with Crippen LogP contribution in [0, 0.1) is 0 Å². The van der Waals surface area contributed by atoms with Gasteiger partial charge in [-0.2, -0.15) is 16.8 Å². The summed E-state index contributed by atoms with van der Waals surface area (Å²) in [5, 5.41) is 0. The van der Waals surface area contributed by atoms with Crippen molar-refractivity contribution in [1.82, 2.24) is 0 Å². The van der Waals surface area contributed by atoms with Crippen LogP contribution < -0.4 is 0 Å². The van der Waals surface area contributed by atoms with Crippen LogP contribution in [0.1, 0.15) is 19.3 Å². The monoisotopic (exact) mass is 320 g/mol. The Morgan fingerprint density at radius 1 is 0.722 bits per heavy atom. The number of hydrogen-bond donors (Lipinski definition) is 4. The average Bonchev–Trinajstić information content (AvgIpc) is 1.99. The van der Waals surface area contributed by atoms with E-state index in [0.717, 1.165) is 12.6 Å². The fraction of sp³-hybridized carbons (Fsp3) is 0.600. The Labute approximate surface area is 126 Å². The second-order valence-corrected chi connectivity index (χ2v) is 3.95. The molecule has 0 aliphatic heterocycles. The van der Waals surface area contributed by atoms with Crippen LogP contribution in [0.3, 0.4) is 0 Å². The van der Waals surface area contributed by atoms with E-state index in [1.165, 1.54) is 0 Å². The third-order valence-electron chi connectivity index (χ3n) is 0.644. The van der Waals surface area contributed by atoms with Crippen LogP contribution in [0.25, 0.3) is 0 Å². The van der Waals surface area contributed by atoms with Crippen molar-refractivity contribution in [3.63, 3.8) is 0 Å². The summed E-state index contributed by atoms with van der Waals surface area (Å²) in [7, 11) is -9.33. The molecular formula is C5H13NaO10S2. The standard InChI is InChI=1S/C5H8O2.Na.2H2O4S.H/c6-4-2-1-3-5-7;;2*1-5(2,3)4;/h4-5H,1-3H2;;2*(H2,1,2,3,4);. The molecule has 18 heavy (non-hydrogen) atoms. The van der Waals surface area contributed by atoms with Crippen molar-refractivity contribution >= 4 is 62.9 Å². The summed E-state index contributed by atoms with van der Waals surface area (Å²) in [5.74, 6) is 0. The number of unbranched alkanes of at least 4 members (excludes halogenated alkanes) is 2. The van der Waals surface area contributed by atoms with Gasteiger partial charge in [-0.05, 0) is 6.42 Å². The van der Waals surface area contributed by atoms with Crippen LogP contribution in [0.4, 0.5) is 0 Å². The van der Waals surface area contributed by atoms with Crippen LogP contribution in [-0.4, -0.2) is 77.2 Å². The van der Waals surface area contributed by atoms with E-state index in [-0.39, 0.29) is 29.6 Å². The van der Waals surface area contributed by atoms with E-state index in [9.17, 15) is 9.59 Å². The van der Waals surface area contributed by atoms with E-state index in [4.69, 9.17) is 35.0 Å². The Balaban J connectivity index is -0.0000000813. The Bertz CT molecular complexity index is 330. The Kier molecular flexibility index (Phi) is 22.4. The molecule has 0 atom stereocenters. The molecule has 0 fully saturated rings. The molecule has 0 aliphatic rings. The summed E-state index contributed by atoms with van der Waals surface area (Å²) >= 11 is 0. The number of hydrogen-bond acceptors (Lipinski definition) is 6. The molecular weight excluding hydrogens is 307 g/mol. The summed E-state index contributed by atoms with van der Waals surface area (Å²) in [6, 6.07) is 0. The molecule has 0 rings (SSSR count). The molecule has 0 heterocycles. The first-order valence-corrected chi connectivity index (χ1v) is 6.48. The molecule has 0 spiro atoms. The van der Waals surface area contributed by atoms with Gasteiger partial charge in [0.1, 0.15) is 12.6 Å². The van der Waals surface area contributed by atoms with Gasteiger partial charge < -0.3 is 9.59 Å². The second-order valence-electron chi connectivity index (χ2n) is 2.16. The molecule has 0 unspecified atom stereocenters. The van der Waals surface area contributed by atoms with Gasteiger partial charge >= 0.3 is 50.4 Å². The van der Waals surface area contributed by atoms with E-state index in [1.807, 2.05) is 0 Å². The number of aldehydes is 2. The molecule has 0 aromatic rings. The minimum absolute atomic E-state index is 0. The summed E-state index contributed by atoms with van der Waals surface area (Å²) in [5.41, 5.74) is 0. The molecule has 0 bridgehead atoms. The van der Waals surface area contributed by atoms with Gasteiger partial charge in [0.15, 0.2) is 0 Å². The van der Waals surface area contributed by atoms with Gasteiger partial charge in [-0.3, -0.25) is 18.2 Å². The third kappa shape index (κ3) is 220. The zero-order valence-electron chi connectivity index (χ0n) is 8.33. The number of carbonyl (C=O) groups excluding carboxylic acids is 2. The van der Waals surface area contributed by atoms with Gasteiger partial charge in [0, 0.05) is 12.8 Å². The SMILES string of the molecule is O=CCCCC=O.O=S(=O)(O)O.O=S(=O)(O)O.[NaH]. The van der Waals surface area contributed by atoms with Crippen LogP contribution in [0.2, 0.25) is 0 Å². The quantitative estimate of drug-likeness (QED) is 0.208. The zero-order valence-corrected chi connectivity index (χ0v) is 9.96. The maximum atomic E-state index is 9.56. The van der Waals surface area contributed by atoms with E-state index in [1.54, 1.807) is 0 Å². The van der Waals surface area contributed by atoms with Gasteiger partial charge in [-0.25, -0.2) is 0 Å². The summed E-state index contributed by atoms with van der Waals surface area (Å²) in [6.45, 7) is 0. The topological polar surface area (TPSA) is 183 Å². The fourth-order valence-corrected chi connectivity index (χ4v) is 0.285. The average molecular weight is 320 g/mol. The first-order valence-electron chi connectivity index (χ1n) is 3.68. The van der Waals surface area contributed by atoms with E-state index >= 15 is 0 Å². The number of carbonyl (C=O) groups is 2. The van der Waals surface area contributed by atoms with Crippen molar-refractivity contribution in [2.75, 3.05) is 0 Å². The van der Waals surface area contributed by atoms with Crippen LogP contribution in [-0.2, 0) is 30.4 Å². The summed E-state index contributed by atoms with van der Waals surface area (Å²) in [4.78, 5) is 19.1. The first kappa shape index (κ1) is 26.6. The molecule has 0 aromatic carbocycles. The van der Waals surface area contributed by atoms with E-state index < -0.39 is 20.8 Å². The van der Waals surface area contributed by atoms with Crippen LogP contribution >= 0.6 is 0 Å². The fourth-order valence-electron chi connectivity index (χ4n) is 0.285. The van der Waals surface area contributed by atoms with Crippen LogP contribution in [0.5, 0.6) is 0 Å². The zero-order chi connectivity index (χ0) is 14.5. The molecule has 0 amide bonds. The van der Waals surface area contributed by atoms with E-state index in [2.05, 4.69) is 0 Å². The number of rotatable bonds is 4. The van der Waals surface area contributed by atoms with Crippen molar-refractivity contribution in [1.29, 1.82) is 0 Å². The predicted octanol–water partition coefficient (Wildman–Crippen LogP) is -1.40. The van der Waals surface area contributed by atoms with Crippen molar-refractivity contribution in [3.05, 3.63) is 0 Å². The third-order valence-corrected chi connectivity index (χ3v) is 0.644. The maximum absolute atomic E-state index is 9.56. The van der Waals surface area contributed by atoms with Gasteiger partial charge in [0.05, 0.1) is 0 Å². The predicted molar refractivity (Wildman–Crippen MR) is 61.5 cm³/mol.